The number of carbonyl (C=O) groups is 1. The molecule has 1 aromatic carbocycles. The Morgan fingerprint density at radius 1 is 1.13 bits per heavy atom. The molecule has 0 aliphatic carbocycles. The molecule has 1 amide bonds. The molecule has 3 rings (SSSR count). The van der Waals surface area contributed by atoms with Gasteiger partial charge in [-0.15, -0.1) is 0 Å². The number of piperidine rings is 2. The van der Waals surface area contributed by atoms with Crippen LogP contribution in [0.4, 0.5) is 0 Å². The van der Waals surface area contributed by atoms with Gasteiger partial charge in [-0.2, -0.15) is 4.31 Å². The lowest BCUT2D eigenvalue weighted by Crippen LogP contribution is -2.42. The first kappa shape index (κ1) is 23.2. The molecule has 2 aliphatic heterocycles. The van der Waals surface area contributed by atoms with Gasteiger partial charge in [-0.25, -0.2) is 8.42 Å². The number of nitrogens with zero attached hydrogens (tertiary/aromatic N) is 2. The summed E-state index contributed by atoms with van der Waals surface area (Å²) in [6.45, 7) is 11.3. The topological polar surface area (TPSA) is 69.7 Å². The van der Waals surface area contributed by atoms with Crippen LogP contribution in [0.5, 0.6) is 0 Å². The summed E-state index contributed by atoms with van der Waals surface area (Å²) in [6.07, 6.45) is 4.88. The number of likely N-dealkylation sites (tertiary alicyclic amines) is 1. The number of nitrogens with one attached hydrogen (secondary N) is 1. The molecule has 2 heterocycles. The molecule has 3 atom stereocenters. The minimum atomic E-state index is -3.59. The first-order chi connectivity index (χ1) is 14.3. The van der Waals surface area contributed by atoms with Crippen molar-refractivity contribution in [2.75, 3.05) is 39.3 Å². The van der Waals surface area contributed by atoms with Crippen LogP contribution in [-0.2, 0) is 10.0 Å². The predicted molar refractivity (Wildman–Crippen MR) is 120 cm³/mol. The molecule has 2 fully saturated rings. The number of hydrogen-bond donors (Lipinski definition) is 1. The van der Waals surface area contributed by atoms with Crippen LogP contribution in [0.3, 0.4) is 0 Å². The van der Waals surface area contributed by atoms with Crippen molar-refractivity contribution in [3.8, 4) is 0 Å². The van der Waals surface area contributed by atoms with Crippen LogP contribution in [-0.4, -0.2) is 62.8 Å². The van der Waals surface area contributed by atoms with Crippen LogP contribution >= 0.6 is 0 Å². The fourth-order valence-corrected chi connectivity index (χ4v) is 6.49. The van der Waals surface area contributed by atoms with E-state index < -0.39 is 10.0 Å². The quantitative estimate of drug-likeness (QED) is 0.714. The summed E-state index contributed by atoms with van der Waals surface area (Å²) in [5.41, 5.74) is 0.402. The molecular weight excluding hydrogens is 398 g/mol. The minimum Gasteiger partial charge on any atom is -0.352 e. The zero-order valence-corrected chi connectivity index (χ0v) is 19.5. The third-order valence-electron chi connectivity index (χ3n) is 6.20. The molecule has 0 aromatic heterocycles. The highest BCUT2D eigenvalue weighted by Crippen LogP contribution is 2.27. The van der Waals surface area contributed by atoms with Gasteiger partial charge < -0.3 is 10.2 Å². The van der Waals surface area contributed by atoms with Crippen molar-refractivity contribution in [1.29, 1.82) is 0 Å². The second-order valence-corrected chi connectivity index (χ2v) is 11.4. The maximum Gasteiger partial charge on any atom is 0.251 e. The number of hydrogen-bond acceptors (Lipinski definition) is 4. The third kappa shape index (κ3) is 6.05. The van der Waals surface area contributed by atoms with Crippen LogP contribution in [0.1, 0.15) is 56.8 Å². The maximum absolute atomic E-state index is 13.1. The van der Waals surface area contributed by atoms with Crippen molar-refractivity contribution < 1.29 is 13.2 Å². The summed E-state index contributed by atoms with van der Waals surface area (Å²) < 4.78 is 27.8. The largest absolute Gasteiger partial charge is 0.352 e. The van der Waals surface area contributed by atoms with E-state index in [1.54, 1.807) is 22.5 Å². The summed E-state index contributed by atoms with van der Waals surface area (Å²) in [4.78, 5) is 15.3. The maximum atomic E-state index is 13.1. The van der Waals surface area contributed by atoms with Crippen molar-refractivity contribution in [2.45, 2.75) is 51.3 Å². The number of amides is 1. The Kier molecular flexibility index (Phi) is 7.93. The van der Waals surface area contributed by atoms with Gasteiger partial charge in [-0.1, -0.05) is 33.3 Å². The van der Waals surface area contributed by atoms with Crippen molar-refractivity contribution >= 4 is 15.9 Å². The zero-order valence-electron chi connectivity index (χ0n) is 18.6. The number of benzene rings is 1. The van der Waals surface area contributed by atoms with Gasteiger partial charge >= 0.3 is 0 Å². The van der Waals surface area contributed by atoms with Crippen LogP contribution in [0.25, 0.3) is 0 Å². The first-order valence-electron chi connectivity index (χ1n) is 11.4. The Hall–Kier alpha value is -1.44. The van der Waals surface area contributed by atoms with Gasteiger partial charge in [0.25, 0.3) is 5.91 Å². The SMILES string of the molecule is CC(CNC(=O)c1cccc(S(=O)(=O)N2CC(C)CC(C)C2)c1)CN1CCCCC1. The molecule has 0 radical (unpaired) electrons. The zero-order chi connectivity index (χ0) is 21.7. The van der Waals surface area contributed by atoms with Gasteiger partial charge in [-0.05, 0) is 68.3 Å². The van der Waals surface area contributed by atoms with E-state index in [2.05, 4.69) is 31.0 Å². The Morgan fingerprint density at radius 2 is 1.80 bits per heavy atom. The van der Waals surface area contributed by atoms with Crippen molar-refractivity contribution in [3.63, 3.8) is 0 Å². The fraction of sp³-hybridized carbons (Fsp3) is 0.696. The molecule has 2 saturated heterocycles. The van der Waals surface area contributed by atoms with Gasteiger partial charge in [0.05, 0.1) is 4.90 Å². The van der Waals surface area contributed by atoms with E-state index in [0.29, 0.717) is 43.0 Å². The summed E-state index contributed by atoms with van der Waals surface area (Å²) >= 11 is 0. The van der Waals surface area contributed by atoms with E-state index in [0.717, 1.165) is 26.1 Å². The fourth-order valence-electron chi connectivity index (χ4n) is 4.77. The van der Waals surface area contributed by atoms with Crippen molar-refractivity contribution in [2.24, 2.45) is 17.8 Å². The number of rotatable bonds is 7. The average molecular weight is 436 g/mol. The molecule has 6 nitrogen and oxygen atoms in total. The summed E-state index contributed by atoms with van der Waals surface area (Å²) in [6, 6.07) is 6.46. The van der Waals surface area contributed by atoms with E-state index >= 15 is 0 Å². The minimum absolute atomic E-state index is 0.206. The Bertz CT molecular complexity index is 811. The third-order valence-corrected chi connectivity index (χ3v) is 8.03. The lowest BCUT2D eigenvalue weighted by Gasteiger charge is -2.34. The van der Waals surface area contributed by atoms with Crippen LogP contribution in [0.15, 0.2) is 29.2 Å². The summed E-state index contributed by atoms with van der Waals surface area (Å²) in [5, 5.41) is 2.99. The standard InChI is InChI=1S/C23H37N3O3S/c1-18-12-19(2)17-26(16-18)30(28,29)22-9-7-8-21(13-22)23(27)24-14-20(3)15-25-10-5-4-6-11-25/h7-9,13,18-20H,4-6,10-12,14-17H2,1-3H3,(H,24,27). The van der Waals surface area contributed by atoms with Gasteiger partial charge in [0, 0.05) is 31.7 Å². The lowest BCUT2D eigenvalue weighted by atomic mass is 9.94. The highest BCUT2D eigenvalue weighted by Gasteiger charge is 2.32. The molecule has 168 valence electrons. The lowest BCUT2D eigenvalue weighted by molar-refractivity contribution is 0.0942. The van der Waals surface area contributed by atoms with E-state index in [1.165, 1.54) is 25.3 Å². The molecular formula is C23H37N3O3S. The van der Waals surface area contributed by atoms with Gasteiger partial charge in [0.2, 0.25) is 10.0 Å². The van der Waals surface area contributed by atoms with E-state index in [1.807, 2.05) is 0 Å². The Labute approximate surface area is 182 Å². The monoisotopic (exact) mass is 435 g/mol. The smallest absolute Gasteiger partial charge is 0.251 e. The molecule has 1 N–H and O–H groups in total. The molecule has 0 bridgehead atoms. The number of sulfonamides is 1. The van der Waals surface area contributed by atoms with Crippen LogP contribution in [0, 0.1) is 17.8 Å². The van der Waals surface area contributed by atoms with Gasteiger partial charge in [-0.3, -0.25) is 4.79 Å². The molecule has 30 heavy (non-hydrogen) atoms. The van der Waals surface area contributed by atoms with E-state index in [4.69, 9.17) is 0 Å². The Balaban J connectivity index is 1.60. The first-order valence-corrected chi connectivity index (χ1v) is 12.8. The summed E-state index contributed by atoms with van der Waals surface area (Å²) in [7, 11) is -3.59. The van der Waals surface area contributed by atoms with Crippen molar-refractivity contribution in [3.05, 3.63) is 29.8 Å². The molecule has 2 aliphatic rings. The second-order valence-electron chi connectivity index (χ2n) is 9.47. The Morgan fingerprint density at radius 3 is 2.47 bits per heavy atom. The normalized spacial score (nSPS) is 25.0. The second kappa shape index (κ2) is 10.2. The predicted octanol–water partition coefficient (Wildman–Crippen LogP) is 3.21. The summed E-state index contributed by atoms with van der Waals surface area (Å²) in [5.74, 6) is 0.834. The van der Waals surface area contributed by atoms with Crippen molar-refractivity contribution in [1.82, 2.24) is 14.5 Å². The van der Waals surface area contributed by atoms with E-state index in [-0.39, 0.29) is 10.8 Å². The van der Waals surface area contributed by atoms with E-state index in [9.17, 15) is 13.2 Å². The van der Waals surface area contributed by atoms with Crippen LogP contribution in [0.2, 0.25) is 0 Å². The van der Waals surface area contributed by atoms with Gasteiger partial charge in [0.15, 0.2) is 0 Å². The molecule has 0 spiro atoms. The number of carbonyl (C=O) groups excluding carboxylic acids is 1. The molecule has 0 saturated carbocycles. The molecule has 3 unspecified atom stereocenters. The average Bonchev–Trinajstić information content (AvgIpc) is 2.72. The highest BCUT2D eigenvalue weighted by atomic mass is 32.2. The highest BCUT2D eigenvalue weighted by molar-refractivity contribution is 7.89. The van der Waals surface area contributed by atoms with Gasteiger partial charge in [0.1, 0.15) is 0 Å². The molecule has 1 aromatic rings. The molecule has 7 heteroatoms. The van der Waals surface area contributed by atoms with Crippen LogP contribution < -0.4 is 5.32 Å².